The van der Waals surface area contributed by atoms with Crippen molar-refractivity contribution in [3.05, 3.63) is 42.2 Å². The van der Waals surface area contributed by atoms with E-state index in [1.54, 1.807) is 12.4 Å². The summed E-state index contributed by atoms with van der Waals surface area (Å²) >= 11 is 0. The highest BCUT2D eigenvalue weighted by molar-refractivity contribution is 5.38. The SMILES string of the molecule is Fc1cccc2c1C[C@H]1CCCC1(Cn1cncn1)O2. The van der Waals surface area contributed by atoms with Gasteiger partial charge in [0.25, 0.3) is 0 Å². The lowest BCUT2D eigenvalue weighted by atomic mass is 9.82. The van der Waals surface area contributed by atoms with E-state index in [4.69, 9.17) is 4.74 Å². The molecular weight excluding hydrogens is 257 g/mol. The fourth-order valence-corrected chi connectivity index (χ4v) is 3.66. The molecule has 2 atom stereocenters. The Labute approximate surface area is 116 Å². The zero-order valence-corrected chi connectivity index (χ0v) is 11.1. The van der Waals surface area contributed by atoms with E-state index in [1.165, 1.54) is 12.4 Å². The van der Waals surface area contributed by atoms with Gasteiger partial charge in [-0.25, -0.2) is 14.1 Å². The number of aromatic nitrogens is 3. The van der Waals surface area contributed by atoms with E-state index in [-0.39, 0.29) is 11.4 Å². The largest absolute Gasteiger partial charge is 0.485 e. The average Bonchev–Trinajstić information content (AvgIpc) is 3.06. The van der Waals surface area contributed by atoms with Crippen molar-refractivity contribution in [3.8, 4) is 5.75 Å². The molecule has 20 heavy (non-hydrogen) atoms. The summed E-state index contributed by atoms with van der Waals surface area (Å²) in [5.74, 6) is 0.906. The van der Waals surface area contributed by atoms with Crippen molar-refractivity contribution in [1.82, 2.24) is 14.8 Å². The summed E-state index contributed by atoms with van der Waals surface area (Å²) in [7, 11) is 0. The van der Waals surface area contributed by atoms with Gasteiger partial charge in [-0.2, -0.15) is 5.10 Å². The van der Waals surface area contributed by atoms with E-state index in [0.29, 0.717) is 18.2 Å². The van der Waals surface area contributed by atoms with Crippen molar-refractivity contribution in [2.24, 2.45) is 5.92 Å². The Morgan fingerprint density at radius 1 is 1.45 bits per heavy atom. The van der Waals surface area contributed by atoms with Crippen LogP contribution in [0.2, 0.25) is 0 Å². The molecule has 1 fully saturated rings. The topological polar surface area (TPSA) is 39.9 Å². The molecule has 2 aliphatic rings. The smallest absolute Gasteiger partial charge is 0.137 e. The van der Waals surface area contributed by atoms with Gasteiger partial charge in [-0.15, -0.1) is 0 Å². The summed E-state index contributed by atoms with van der Waals surface area (Å²) in [6, 6.07) is 5.10. The third kappa shape index (κ3) is 1.72. The minimum Gasteiger partial charge on any atom is -0.485 e. The van der Waals surface area contributed by atoms with E-state index in [2.05, 4.69) is 10.1 Å². The third-order valence-electron chi connectivity index (χ3n) is 4.63. The van der Waals surface area contributed by atoms with Crippen LogP contribution in [0.25, 0.3) is 0 Å². The van der Waals surface area contributed by atoms with Crippen LogP contribution < -0.4 is 4.74 Å². The Morgan fingerprint density at radius 3 is 3.25 bits per heavy atom. The molecule has 2 heterocycles. The number of rotatable bonds is 2. The van der Waals surface area contributed by atoms with Gasteiger partial charge in [0.1, 0.15) is 29.8 Å². The van der Waals surface area contributed by atoms with Crippen molar-refractivity contribution in [3.63, 3.8) is 0 Å². The second kappa shape index (κ2) is 4.30. The predicted octanol–water partition coefficient (Wildman–Crippen LogP) is 2.59. The Morgan fingerprint density at radius 2 is 2.40 bits per heavy atom. The summed E-state index contributed by atoms with van der Waals surface area (Å²) in [6.07, 6.45) is 7.22. The summed E-state index contributed by atoms with van der Waals surface area (Å²) in [4.78, 5) is 3.99. The molecule has 1 aromatic carbocycles. The van der Waals surface area contributed by atoms with Gasteiger partial charge in [0.05, 0.1) is 6.54 Å². The second-order valence-corrected chi connectivity index (χ2v) is 5.77. The highest BCUT2D eigenvalue weighted by Gasteiger charge is 2.49. The molecule has 1 aromatic heterocycles. The summed E-state index contributed by atoms with van der Waals surface area (Å²) in [5.41, 5.74) is 0.475. The summed E-state index contributed by atoms with van der Waals surface area (Å²) in [6.45, 7) is 0.688. The van der Waals surface area contributed by atoms with Crippen molar-refractivity contribution in [2.45, 2.75) is 37.8 Å². The Hall–Kier alpha value is -1.91. The normalized spacial score (nSPS) is 27.8. The number of halogens is 1. The Kier molecular flexibility index (Phi) is 2.55. The van der Waals surface area contributed by atoms with Gasteiger partial charge in [0.2, 0.25) is 0 Å². The van der Waals surface area contributed by atoms with Crippen LogP contribution in [0.15, 0.2) is 30.9 Å². The molecule has 1 unspecified atom stereocenters. The van der Waals surface area contributed by atoms with Gasteiger partial charge in [0.15, 0.2) is 0 Å². The zero-order chi connectivity index (χ0) is 13.6. The molecular formula is C15H16FN3O. The standard InChI is InChI=1S/C15H16FN3O/c16-13-4-1-5-14-12(13)7-11-3-2-6-15(11,20-14)8-19-10-17-9-18-19/h1,4-5,9-11H,2-3,6-8H2/t11-,15?/m1/s1. The maximum atomic E-state index is 13.9. The van der Waals surface area contributed by atoms with Crippen LogP contribution in [0.5, 0.6) is 5.75 Å². The summed E-state index contributed by atoms with van der Waals surface area (Å²) in [5, 5.41) is 4.19. The number of hydrogen-bond donors (Lipinski definition) is 0. The van der Waals surface area contributed by atoms with Gasteiger partial charge in [0, 0.05) is 11.5 Å². The molecule has 2 aromatic rings. The van der Waals surface area contributed by atoms with Crippen LogP contribution in [0.1, 0.15) is 24.8 Å². The van der Waals surface area contributed by atoms with Gasteiger partial charge in [-0.3, -0.25) is 0 Å². The fraction of sp³-hybridized carbons (Fsp3) is 0.467. The van der Waals surface area contributed by atoms with Crippen LogP contribution in [0, 0.1) is 11.7 Å². The molecule has 1 aliphatic carbocycles. The first-order valence-corrected chi connectivity index (χ1v) is 7.06. The number of hydrogen-bond acceptors (Lipinski definition) is 3. The van der Waals surface area contributed by atoms with Crippen LogP contribution in [0.3, 0.4) is 0 Å². The maximum Gasteiger partial charge on any atom is 0.137 e. The highest BCUT2D eigenvalue weighted by atomic mass is 19.1. The fourth-order valence-electron chi connectivity index (χ4n) is 3.66. The lowest BCUT2D eigenvalue weighted by Gasteiger charge is -2.40. The molecule has 0 amide bonds. The monoisotopic (exact) mass is 273 g/mol. The second-order valence-electron chi connectivity index (χ2n) is 5.77. The van der Waals surface area contributed by atoms with E-state index in [1.807, 2.05) is 10.7 Å². The number of ether oxygens (including phenoxy) is 1. The quantitative estimate of drug-likeness (QED) is 0.844. The molecule has 0 spiro atoms. The van der Waals surface area contributed by atoms with Gasteiger partial charge in [-0.1, -0.05) is 6.07 Å². The highest BCUT2D eigenvalue weighted by Crippen LogP contribution is 2.47. The van der Waals surface area contributed by atoms with Gasteiger partial charge in [-0.05, 0) is 37.8 Å². The Bertz CT molecular complexity index is 628. The minimum atomic E-state index is -0.255. The van der Waals surface area contributed by atoms with Crippen molar-refractivity contribution >= 4 is 0 Å². The average molecular weight is 273 g/mol. The lowest BCUT2D eigenvalue weighted by molar-refractivity contribution is -0.00540. The lowest BCUT2D eigenvalue weighted by Crippen LogP contribution is -2.47. The molecule has 0 saturated heterocycles. The van der Waals surface area contributed by atoms with Crippen LogP contribution in [0.4, 0.5) is 4.39 Å². The van der Waals surface area contributed by atoms with Crippen LogP contribution in [-0.4, -0.2) is 20.4 Å². The first kappa shape index (κ1) is 11.9. The van der Waals surface area contributed by atoms with E-state index < -0.39 is 0 Å². The first-order chi connectivity index (χ1) is 9.77. The van der Waals surface area contributed by atoms with Gasteiger partial charge < -0.3 is 4.74 Å². The molecule has 104 valence electrons. The molecule has 0 radical (unpaired) electrons. The van der Waals surface area contributed by atoms with E-state index in [9.17, 15) is 4.39 Å². The molecule has 0 bridgehead atoms. The third-order valence-corrected chi connectivity index (χ3v) is 4.63. The Balaban J connectivity index is 1.72. The van der Waals surface area contributed by atoms with E-state index in [0.717, 1.165) is 31.2 Å². The molecule has 4 nitrogen and oxygen atoms in total. The molecule has 1 saturated carbocycles. The number of benzene rings is 1. The van der Waals surface area contributed by atoms with Crippen molar-refractivity contribution in [2.75, 3.05) is 0 Å². The van der Waals surface area contributed by atoms with Gasteiger partial charge >= 0.3 is 0 Å². The maximum absolute atomic E-state index is 13.9. The van der Waals surface area contributed by atoms with E-state index >= 15 is 0 Å². The van der Waals surface area contributed by atoms with Crippen LogP contribution >= 0.6 is 0 Å². The molecule has 4 rings (SSSR count). The number of fused-ring (bicyclic) bond motifs is 2. The zero-order valence-electron chi connectivity index (χ0n) is 11.1. The molecule has 5 heteroatoms. The first-order valence-electron chi connectivity index (χ1n) is 7.06. The molecule has 0 N–H and O–H groups in total. The number of nitrogens with zero attached hydrogens (tertiary/aromatic N) is 3. The van der Waals surface area contributed by atoms with Crippen molar-refractivity contribution in [1.29, 1.82) is 0 Å². The van der Waals surface area contributed by atoms with Crippen LogP contribution in [-0.2, 0) is 13.0 Å². The predicted molar refractivity (Wildman–Crippen MR) is 70.8 cm³/mol. The summed E-state index contributed by atoms with van der Waals surface area (Å²) < 4.78 is 22.0. The van der Waals surface area contributed by atoms with Crippen molar-refractivity contribution < 1.29 is 9.13 Å². The molecule has 1 aliphatic heterocycles. The minimum absolute atomic E-state index is 0.149.